The maximum absolute atomic E-state index is 10.4. The van der Waals surface area contributed by atoms with E-state index in [0.717, 1.165) is 30.6 Å². The van der Waals surface area contributed by atoms with Crippen LogP contribution in [0.1, 0.15) is 43.9 Å². The van der Waals surface area contributed by atoms with Crippen molar-refractivity contribution < 1.29 is 9.84 Å². The Labute approximate surface area is 152 Å². The molecule has 0 saturated heterocycles. The molecule has 0 saturated carbocycles. The van der Waals surface area contributed by atoms with Crippen LogP contribution in [0, 0.1) is 0 Å². The molecule has 1 N–H and O–H groups in total. The van der Waals surface area contributed by atoms with Gasteiger partial charge in [-0.1, -0.05) is 80.9 Å². The summed E-state index contributed by atoms with van der Waals surface area (Å²) in [5.41, 5.74) is 2.22. The van der Waals surface area contributed by atoms with Gasteiger partial charge in [-0.05, 0) is 30.6 Å². The van der Waals surface area contributed by atoms with Crippen LogP contribution < -0.4 is 0 Å². The van der Waals surface area contributed by atoms with Gasteiger partial charge in [0.25, 0.3) is 0 Å². The average Bonchev–Trinajstić information content (AvgIpc) is 2.67. The number of benzene rings is 2. The molecule has 0 bridgehead atoms. The normalized spacial score (nSPS) is 12.7. The number of ether oxygens (including phenoxy) is 1. The quantitative estimate of drug-likeness (QED) is 0.662. The van der Waals surface area contributed by atoms with Crippen molar-refractivity contribution in [2.24, 2.45) is 0 Å². The van der Waals surface area contributed by atoms with Crippen molar-refractivity contribution in [3.05, 3.63) is 71.8 Å². The third kappa shape index (κ3) is 6.62. The SMILES string of the molecule is CCCCN(CC)CC(O)COC(c1ccccc1)c1ccccc1. The van der Waals surface area contributed by atoms with Crippen LogP contribution in [0.3, 0.4) is 0 Å². The lowest BCUT2D eigenvalue weighted by atomic mass is 10.0. The zero-order chi connectivity index (χ0) is 17.9. The highest BCUT2D eigenvalue weighted by molar-refractivity contribution is 5.29. The van der Waals surface area contributed by atoms with Crippen LogP contribution in [0.4, 0.5) is 0 Å². The fraction of sp³-hybridized carbons (Fsp3) is 0.455. The van der Waals surface area contributed by atoms with E-state index in [9.17, 15) is 5.11 Å². The molecule has 0 aliphatic rings. The van der Waals surface area contributed by atoms with Crippen molar-refractivity contribution in [3.63, 3.8) is 0 Å². The smallest absolute Gasteiger partial charge is 0.108 e. The molecule has 25 heavy (non-hydrogen) atoms. The third-order valence-electron chi connectivity index (χ3n) is 4.40. The van der Waals surface area contributed by atoms with Gasteiger partial charge in [0.1, 0.15) is 6.10 Å². The second-order valence-corrected chi connectivity index (χ2v) is 6.44. The fourth-order valence-corrected chi connectivity index (χ4v) is 2.96. The molecule has 0 radical (unpaired) electrons. The molecule has 1 unspecified atom stereocenters. The molecule has 0 aromatic heterocycles. The zero-order valence-corrected chi connectivity index (χ0v) is 15.5. The number of likely N-dealkylation sites (N-methyl/N-ethyl adjacent to an activating group) is 1. The molecular formula is C22H31NO2. The van der Waals surface area contributed by atoms with Gasteiger partial charge in [-0.25, -0.2) is 0 Å². The number of aliphatic hydroxyl groups is 1. The lowest BCUT2D eigenvalue weighted by Gasteiger charge is -2.25. The molecule has 0 aliphatic heterocycles. The van der Waals surface area contributed by atoms with E-state index in [-0.39, 0.29) is 6.10 Å². The van der Waals surface area contributed by atoms with E-state index in [1.54, 1.807) is 0 Å². The first kappa shape index (κ1) is 19.6. The summed E-state index contributed by atoms with van der Waals surface area (Å²) in [5.74, 6) is 0. The highest BCUT2D eigenvalue weighted by atomic mass is 16.5. The van der Waals surface area contributed by atoms with Gasteiger partial charge in [-0.2, -0.15) is 0 Å². The molecular weight excluding hydrogens is 310 g/mol. The van der Waals surface area contributed by atoms with Crippen LogP contribution in [0.15, 0.2) is 60.7 Å². The van der Waals surface area contributed by atoms with Crippen LogP contribution >= 0.6 is 0 Å². The maximum atomic E-state index is 10.4. The topological polar surface area (TPSA) is 32.7 Å². The summed E-state index contributed by atoms with van der Waals surface area (Å²) in [7, 11) is 0. The van der Waals surface area contributed by atoms with Gasteiger partial charge < -0.3 is 14.7 Å². The van der Waals surface area contributed by atoms with Crippen LogP contribution in [0.2, 0.25) is 0 Å². The standard InChI is InChI=1S/C22H31NO2/c1-3-5-16-23(4-2)17-21(24)18-25-22(19-12-8-6-9-13-19)20-14-10-7-11-15-20/h6-15,21-22,24H,3-5,16-18H2,1-2H3. The summed E-state index contributed by atoms with van der Waals surface area (Å²) in [6.07, 6.45) is 1.71. The first-order chi connectivity index (χ1) is 12.2. The summed E-state index contributed by atoms with van der Waals surface area (Å²) in [6, 6.07) is 20.4. The van der Waals surface area contributed by atoms with Crippen molar-refractivity contribution in [2.75, 3.05) is 26.2 Å². The average molecular weight is 341 g/mol. The predicted molar refractivity (Wildman–Crippen MR) is 104 cm³/mol. The molecule has 2 rings (SSSR count). The predicted octanol–water partition coefficient (Wildman–Crippen LogP) is 4.28. The van der Waals surface area contributed by atoms with Gasteiger partial charge in [-0.15, -0.1) is 0 Å². The van der Waals surface area contributed by atoms with Gasteiger partial charge in [0.2, 0.25) is 0 Å². The minimum absolute atomic E-state index is 0.150. The Hall–Kier alpha value is -1.68. The number of rotatable bonds is 11. The lowest BCUT2D eigenvalue weighted by Crippen LogP contribution is -2.35. The van der Waals surface area contributed by atoms with Gasteiger partial charge in [-0.3, -0.25) is 0 Å². The van der Waals surface area contributed by atoms with Crippen LogP contribution in [0.25, 0.3) is 0 Å². The van der Waals surface area contributed by atoms with Crippen molar-refractivity contribution >= 4 is 0 Å². The maximum Gasteiger partial charge on any atom is 0.108 e. The molecule has 3 nitrogen and oxygen atoms in total. The molecule has 0 spiro atoms. The Morgan fingerprint density at radius 2 is 1.48 bits per heavy atom. The highest BCUT2D eigenvalue weighted by Crippen LogP contribution is 2.25. The van der Waals surface area contributed by atoms with Crippen molar-refractivity contribution in [1.82, 2.24) is 4.90 Å². The van der Waals surface area contributed by atoms with Crippen LogP contribution in [-0.2, 0) is 4.74 Å². The first-order valence-electron chi connectivity index (χ1n) is 9.36. The summed E-state index contributed by atoms with van der Waals surface area (Å²) >= 11 is 0. The first-order valence-corrected chi connectivity index (χ1v) is 9.36. The monoisotopic (exact) mass is 341 g/mol. The Kier molecular flexibility index (Phi) is 8.67. The van der Waals surface area contributed by atoms with Gasteiger partial charge in [0, 0.05) is 6.54 Å². The Bertz CT molecular complexity index is 534. The number of hydrogen-bond acceptors (Lipinski definition) is 3. The molecule has 2 aromatic carbocycles. The lowest BCUT2D eigenvalue weighted by molar-refractivity contribution is -0.00792. The largest absolute Gasteiger partial charge is 0.389 e. The second kappa shape index (κ2) is 11.0. The van der Waals surface area contributed by atoms with E-state index in [4.69, 9.17) is 4.74 Å². The third-order valence-corrected chi connectivity index (χ3v) is 4.40. The number of aliphatic hydroxyl groups excluding tert-OH is 1. The summed E-state index contributed by atoms with van der Waals surface area (Å²) in [4.78, 5) is 2.29. The Balaban J connectivity index is 1.98. The molecule has 0 aliphatic carbocycles. The van der Waals surface area contributed by atoms with E-state index in [1.807, 2.05) is 36.4 Å². The summed E-state index contributed by atoms with van der Waals surface area (Å²) in [6.45, 7) is 7.31. The van der Waals surface area contributed by atoms with Crippen LogP contribution in [0.5, 0.6) is 0 Å². The molecule has 136 valence electrons. The van der Waals surface area contributed by atoms with Gasteiger partial charge in [0.15, 0.2) is 0 Å². The van der Waals surface area contributed by atoms with Crippen molar-refractivity contribution in [1.29, 1.82) is 0 Å². The summed E-state index contributed by atoms with van der Waals surface area (Å²) < 4.78 is 6.15. The number of hydrogen-bond donors (Lipinski definition) is 1. The number of nitrogens with zero attached hydrogens (tertiary/aromatic N) is 1. The fourth-order valence-electron chi connectivity index (χ4n) is 2.96. The van der Waals surface area contributed by atoms with Crippen molar-refractivity contribution in [2.45, 2.75) is 38.9 Å². The molecule has 1 atom stereocenters. The minimum Gasteiger partial charge on any atom is -0.389 e. The molecule has 0 heterocycles. The Morgan fingerprint density at radius 3 is 1.96 bits per heavy atom. The second-order valence-electron chi connectivity index (χ2n) is 6.44. The molecule has 0 amide bonds. The molecule has 0 fully saturated rings. The van der Waals surface area contributed by atoms with Crippen LogP contribution in [-0.4, -0.2) is 42.4 Å². The number of unbranched alkanes of at least 4 members (excludes halogenated alkanes) is 1. The van der Waals surface area contributed by atoms with E-state index in [2.05, 4.69) is 43.0 Å². The van der Waals surface area contributed by atoms with Crippen molar-refractivity contribution in [3.8, 4) is 0 Å². The molecule has 3 heteroatoms. The Morgan fingerprint density at radius 1 is 0.920 bits per heavy atom. The van der Waals surface area contributed by atoms with E-state index >= 15 is 0 Å². The van der Waals surface area contributed by atoms with E-state index in [1.165, 1.54) is 6.42 Å². The highest BCUT2D eigenvalue weighted by Gasteiger charge is 2.17. The minimum atomic E-state index is -0.480. The molecule has 2 aromatic rings. The zero-order valence-electron chi connectivity index (χ0n) is 15.5. The summed E-state index contributed by atoms with van der Waals surface area (Å²) in [5, 5.41) is 10.4. The van der Waals surface area contributed by atoms with E-state index < -0.39 is 6.10 Å². The van der Waals surface area contributed by atoms with Gasteiger partial charge in [0.05, 0.1) is 12.7 Å². The van der Waals surface area contributed by atoms with Gasteiger partial charge >= 0.3 is 0 Å². The van der Waals surface area contributed by atoms with E-state index in [0.29, 0.717) is 13.2 Å².